The fourth-order valence-corrected chi connectivity index (χ4v) is 2.07. The number of amides is 1. The normalized spacial score (nSPS) is 11.5. The first-order valence-corrected chi connectivity index (χ1v) is 7.46. The molecular weight excluding hydrogens is 296 g/mol. The number of anilines is 1. The maximum absolute atomic E-state index is 11.9. The van der Waals surface area contributed by atoms with Gasteiger partial charge in [-0.25, -0.2) is 9.78 Å². The molecule has 0 saturated heterocycles. The molecule has 8 heteroatoms. The lowest BCUT2D eigenvalue weighted by molar-refractivity contribution is 0.0634. The van der Waals surface area contributed by atoms with Crippen LogP contribution in [0.4, 0.5) is 10.6 Å². The van der Waals surface area contributed by atoms with Gasteiger partial charge in [0.1, 0.15) is 17.2 Å². The van der Waals surface area contributed by atoms with E-state index in [2.05, 4.69) is 25.7 Å². The van der Waals surface area contributed by atoms with Crippen LogP contribution in [0, 0.1) is 6.92 Å². The predicted octanol–water partition coefficient (Wildman–Crippen LogP) is 2.09. The summed E-state index contributed by atoms with van der Waals surface area (Å²) in [6.07, 6.45) is 3.02. The minimum Gasteiger partial charge on any atom is -0.444 e. The predicted molar refractivity (Wildman–Crippen MR) is 86.9 cm³/mol. The quantitative estimate of drug-likeness (QED) is 0.784. The van der Waals surface area contributed by atoms with Crippen molar-refractivity contribution < 1.29 is 9.53 Å². The van der Waals surface area contributed by atoms with E-state index >= 15 is 0 Å². The van der Waals surface area contributed by atoms with E-state index in [1.165, 1.54) is 0 Å². The van der Waals surface area contributed by atoms with Crippen molar-refractivity contribution in [2.45, 2.75) is 46.4 Å². The van der Waals surface area contributed by atoms with E-state index < -0.39 is 11.7 Å². The van der Waals surface area contributed by atoms with Gasteiger partial charge in [0.05, 0.1) is 6.20 Å². The van der Waals surface area contributed by atoms with Crippen molar-refractivity contribution in [2.75, 3.05) is 5.32 Å². The Morgan fingerprint density at radius 3 is 2.70 bits per heavy atom. The number of aromatic nitrogens is 4. The molecule has 2 aromatic rings. The van der Waals surface area contributed by atoms with Crippen LogP contribution in [0.3, 0.4) is 0 Å². The molecule has 8 nitrogen and oxygen atoms in total. The van der Waals surface area contributed by atoms with E-state index in [4.69, 9.17) is 4.74 Å². The molecule has 126 valence electrons. The van der Waals surface area contributed by atoms with Gasteiger partial charge in [0, 0.05) is 37.6 Å². The van der Waals surface area contributed by atoms with Crippen LogP contribution in [0.25, 0.3) is 0 Å². The molecule has 0 unspecified atom stereocenters. The molecule has 2 heterocycles. The summed E-state index contributed by atoms with van der Waals surface area (Å²) in [6, 6.07) is 0. The Bertz CT molecular complexity index is 668. The van der Waals surface area contributed by atoms with Crippen LogP contribution in [0.2, 0.25) is 0 Å². The Morgan fingerprint density at radius 2 is 2.09 bits per heavy atom. The number of nitrogens with one attached hydrogen (secondary N) is 3. The third-order valence-corrected chi connectivity index (χ3v) is 3.02. The highest BCUT2D eigenvalue weighted by molar-refractivity contribution is 5.84. The number of hydrogen-bond acceptors (Lipinski definition) is 5. The Labute approximate surface area is 135 Å². The standard InChI is InChI=1S/C15H24N6O2/c1-10-17-9-12(19-10)8-16-6-11-7-18-21(5)13(11)20-14(22)23-15(2,3)4/h7,9,16H,6,8H2,1-5H3,(H,17,19)(H,20,22). The average molecular weight is 320 g/mol. The molecule has 2 aromatic heterocycles. The van der Waals surface area contributed by atoms with Crippen molar-refractivity contribution in [1.82, 2.24) is 25.1 Å². The summed E-state index contributed by atoms with van der Waals surface area (Å²) in [5, 5.41) is 10.2. The van der Waals surface area contributed by atoms with Crippen LogP contribution in [0.15, 0.2) is 12.4 Å². The van der Waals surface area contributed by atoms with Gasteiger partial charge in [0.2, 0.25) is 0 Å². The highest BCUT2D eigenvalue weighted by Crippen LogP contribution is 2.16. The number of aromatic amines is 1. The third-order valence-electron chi connectivity index (χ3n) is 3.02. The highest BCUT2D eigenvalue weighted by Gasteiger charge is 2.18. The maximum atomic E-state index is 11.9. The van der Waals surface area contributed by atoms with Crippen LogP contribution in [-0.4, -0.2) is 31.4 Å². The number of H-pyrrole nitrogens is 1. The first kappa shape index (κ1) is 17.0. The molecule has 0 saturated carbocycles. The maximum Gasteiger partial charge on any atom is 0.413 e. The largest absolute Gasteiger partial charge is 0.444 e. The topological polar surface area (TPSA) is 96.9 Å². The van der Waals surface area contributed by atoms with Crippen molar-refractivity contribution in [3.63, 3.8) is 0 Å². The van der Waals surface area contributed by atoms with Crippen LogP contribution < -0.4 is 10.6 Å². The lowest BCUT2D eigenvalue weighted by atomic mass is 10.2. The zero-order valence-corrected chi connectivity index (χ0v) is 14.2. The smallest absolute Gasteiger partial charge is 0.413 e. The molecule has 0 fully saturated rings. The minimum atomic E-state index is -0.542. The number of imidazole rings is 1. The molecule has 0 aliphatic carbocycles. The lowest BCUT2D eigenvalue weighted by Gasteiger charge is -2.20. The van der Waals surface area contributed by atoms with Crippen LogP contribution in [0.1, 0.15) is 37.9 Å². The summed E-state index contributed by atoms with van der Waals surface area (Å²) < 4.78 is 6.89. The molecule has 0 spiro atoms. The van der Waals surface area contributed by atoms with Crippen molar-refractivity contribution in [1.29, 1.82) is 0 Å². The van der Waals surface area contributed by atoms with Crippen molar-refractivity contribution in [3.8, 4) is 0 Å². The Morgan fingerprint density at radius 1 is 1.35 bits per heavy atom. The molecule has 0 aliphatic rings. The number of rotatable bonds is 5. The SMILES string of the molecule is Cc1ncc(CNCc2cnn(C)c2NC(=O)OC(C)(C)C)[nH]1. The molecular formula is C15H24N6O2. The second-order valence-corrected chi connectivity index (χ2v) is 6.37. The number of ether oxygens (including phenoxy) is 1. The molecule has 0 bridgehead atoms. The molecule has 3 N–H and O–H groups in total. The first-order chi connectivity index (χ1) is 10.7. The minimum absolute atomic E-state index is 0.494. The molecule has 0 radical (unpaired) electrons. The molecule has 1 amide bonds. The molecule has 2 rings (SSSR count). The highest BCUT2D eigenvalue weighted by atomic mass is 16.6. The summed E-state index contributed by atoms with van der Waals surface area (Å²) >= 11 is 0. The summed E-state index contributed by atoms with van der Waals surface area (Å²) in [7, 11) is 1.77. The van der Waals surface area contributed by atoms with Gasteiger partial charge >= 0.3 is 6.09 Å². The Balaban J connectivity index is 1.94. The summed E-state index contributed by atoms with van der Waals surface area (Å²) in [5.41, 5.74) is 1.35. The van der Waals surface area contributed by atoms with Crippen molar-refractivity contribution in [2.24, 2.45) is 7.05 Å². The number of hydrogen-bond donors (Lipinski definition) is 3. The van der Waals surface area contributed by atoms with E-state index in [0.717, 1.165) is 17.1 Å². The van der Waals surface area contributed by atoms with Crippen molar-refractivity contribution >= 4 is 11.9 Å². The molecule has 0 atom stereocenters. The second-order valence-electron chi connectivity index (χ2n) is 6.37. The zero-order valence-electron chi connectivity index (χ0n) is 14.2. The van der Waals surface area contributed by atoms with E-state index in [9.17, 15) is 4.79 Å². The number of carbonyl (C=O) groups is 1. The summed E-state index contributed by atoms with van der Waals surface area (Å²) in [6.45, 7) is 8.60. The molecule has 0 aromatic carbocycles. The molecule has 23 heavy (non-hydrogen) atoms. The van der Waals surface area contributed by atoms with Gasteiger partial charge in [-0.3, -0.25) is 10.00 Å². The van der Waals surface area contributed by atoms with Gasteiger partial charge in [-0.05, 0) is 27.7 Å². The first-order valence-electron chi connectivity index (χ1n) is 7.46. The average Bonchev–Trinajstić information content (AvgIpc) is 2.97. The zero-order chi connectivity index (χ0) is 17.0. The number of aryl methyl sites for hydroxylation is 2. The number of carbonyl (C=O) groups excluding carboxylic acids is 1. The third kappa shape index (κ3) is 5.10. The van der Waals surface area contributed by atoms with Gasteiger partial charge in [0.15, 0.2) is 0 Å². The lowest BCUT2D eigenvalue weighted by Crippen LogP contribution is -2.28. The fraction of sp³-hybridized carbons (Fsp3) is 0.533. The van der Waals surface area contributed by atoms with E-state index in [-0.39, 0.29) is 0 Å². The monoisotopic (exact) mass is 320 g/mol. The second kappa shape index (κ2) is 6.82. The van der Waals surface area contributed by atoms with E-state index in [0.29, 0.717) is 18.9 Å². The van der Waals surface area contributed by atoms with Gasteiger partial charge in [-0.15, -0.1) is 0 Å². The van der Waals surface area contributed by atoms with Crippen LogP contribution >= 0.6 is 0 Å². The van der Waals surface area contributed by atoms with Crippen LogP contribution in [0.5, 0.6) is 0 Å². The van der Waals surface area contributed by atoms with E-state index in [1.807, 2.05) is 27.7 Å². The summed E-state index contributed by atoms with van der Waals surface area (Å²) in [4.78, 5) is 19.2. The summed E-state index contributed by atoms with van der Waals surface area (Å²) in [5.74, 6) is 1.50. The van der Waals surface area contributed by atoms with Gasteiger partial charge in [-0.2, -0.15) is 5.10 Å². The fourth-order valence-electron chi connectivity index (χ4n) is 2.07. The van der Waals surface area contributed by atoms with Gasteiger partial charge in [0.25, 0.3) is 0 Å². The van der Waals surface area contributed by atoms with Crippen molar-refractivity contribution in [3.05, 3.63) is 29.5 Å². The van der Waals surface area contributed by atoms with E-state index in [1.54, 1.807) is 24.1 Å². The Kier molecular flexibility index (Phi) is 5.05. The van der Waals surface area contributed by atoms with Gasteiger partial charge in [-0.1, -0.05) is 0 Å². The molecule has 0 aliphatic heterocycles. The number of nitrogens with zero attached hydrogens (tertiary/aromatic N) is 3. The Hall–Kier alpha value is -2.35. The van der Waals surface area contributed by atoms with Gasteiger partial charge < -0.3 is 15.0 Å². The van der Waals surface area contributed by atoms with Crippen LogP contribution in [-0.2, 0) is 24.9 Å².